The molecular weight excluding hydrogens is 408 g/mol. The predicted octanol–water partition coefficient (Wildman–Crippen LogP) is 3.45. The van der Waals surface area contributed by atoms with Crippen molar-refractivity contribution in [3.05, 3.63) is 76.1 Å². The Kier molecular flexibility index (Phi) is 5.66. The van der Waals surface area contributed by atoms with Gasteiger partial charge in [0.1, 0.15) is 22.3 Å². The maximum atomic E-state index is 12.5. The molecular formula is C20H16N4O5S. The SMILES string of the molecule is Cc1c(C#N)c(O)n(C)c(=O)c1N=Nc1cccc(S(=O)(=O)Oc2ccccc2)c1. The maximum absolute atomic E-state index is 12.5. The Balaban J connectivity index is 1.97. The lowest BCUT2D eigenvalue weighted by atomic mass is 10.1. The molecule has 3 aromatic rings. The van der Waals surface area contributed by atoms with Crippen LogP contribution in [0.4, 0.5) is 11.4 Å². The summed E-state index contributed by atoms with van der Waals surface area (Å²) in [6.07, 6.45) is 0. The van der Waals surface area contributed by atoms with Crippen LogP contribution < -0.4 is 9.74 Å². The number of aromatic hydroxyl groups is 1. The summed E-state index contributed by atoms with van der Waals surface area (Å²) < 4.78 is 30.9. The number of azo groups is 1. The number of para-hydroxylation sites is 1. The van der Waals surface area contributed by atoms with Crippen LogP contribution in [0, 0.1) is 18.3 Å². The van der Waals surface area contributed by atoms with Crippen LogP contribution in [0.25, 0.3) is 0 Å². The third-order valence-corrected chi connectivity index (χ3v) is 5.45. The molecule has 0 aliphatic heterocycles. The van der Waals surface area contributed by atoms with E-state index in [0.717, 1.165) is 4.57 Å². The van der Waals surface area contributed by atoms with Gasteiger partial charge >= 0.3 is 10.1 Å². The molecule has 0 aliphatic carbocycles. The Bertz CT molecular complexity index is 1340. The van der Waals surface area contributed by atoms with Gasteiger partial charge in [0.25, 0.3) is 5.56 Å². The minimum absolute atomic E-state index is 0.0985. The first kappa shape index (κ1) is 20.8. The van der Waals surface area contributed by atoms with Crippen LogP contribution >= 0.6 is 0 Å². The molecule has 0 aliphatic rings. The van der Waals surface area contributed by atoms with Gasteiger partial charge in [-0.3, -0.25) is 9.36 Å². The van der Waals surface area contributed by atoms with Gasteiger partial charge in [0.2, 0.25) is 5.88 Å². The van der Waals surface area contributed by atoms with Gasteiger partial charge in [-0.15, -0.1) is 5.11 Å². The minimum atomic E-state index is -4.10. The van der Waals surface area contributed by atoms with E-state index in [1.807, 2.05) is 6.07 Å². The van der Waals surface area contributed by atoms with Crippen LogP contribution in [-0.4, -0.2) is 18.1 Å². The van der Waals surface area contributed by atoms with E-state index in [4.69, 9.17) is 4.18 Å². The summed E-state index contributed by atoms with van der Waals surface area (Å²) in [7, 11) is -2.81. The lowest BCUT2D eigenvalue weighted by molar-refractivity contribution is 0.421. The van der Waals surface area contributed by atoms with Crippen LogP contribution in [0.5, 0.6) is 11.6 Å². The smallest absolute Gasteiger partial charge is 0.339 e. The van der Waals surface area contributed by atoms with Crippen LogP contribution in [-0.2, 0) is 17.2 Å². The molecule has 1 aromatic heterocycles. The van der Waals surface area contributed by atoms with Gasteiger partial charge in [-0.1, -0.05) is 24.3 Å². The maximum Gasteiger partial charge on any atom is 0.339 e. The fourth-order valence-corrected chi connectivity index (χ4v) is 3.55. The quantitative estimate of drug-likeness (QED) is 0.492. The molecule has 0 amide bonds. The first-order valence-corrected chi connectivity index (χ1v) is 9.99. The Hall–Kier alpha value is -3.97. The van der Waals surface area contributed by atoms with E-state index in [0.29, 0.717) is 0 Å². The average Bonchev–Trinajstić information content (AvgIpc) is 2.73. The summed E-state index contributed by atoms with van der Waals surface area (Å²) in [5.41, 5.74) is -0.568. The number of nitrogens with zero attached hydrogens (tertiary/aromatic N) is 4. The first-order valence-electron chi connectivity index (χ1n) is 8.58. The van der Waals surface area contributed by atoms with Crippen molar-refractivity contribution in [2.75, 3.05) is 0 Å². The second-order valence-corrected chi connectivity index (χ2v) is 7.74. The fraction of sp³-hybridized carbons (Fsp3) is 0.100. The summed E-state index contributed by atoms with van der Waals surface area (Å²) >= 11 is 0. The zero-order valence-electron chi connectivity index (χ0n) is 16.0. The Morgan fingerprint density at radius 2 is 1.80 bits per heavy atom. The molecule has 0 fully saturated rings. The van der Waals surface area contributed by atoms with E-state index in [1.54, 1.807) is 18.2 Å². The lowest BCUT2D eigenvalue weighted by Crippen LogP contribution is -2.18. The molecule has 0 unspecified atom stereocenters. The van der Waals surface area contributed by atoms with Crippen molar-refractivity contribution >= 4 is 21.5 Å². The molecule has 1 heterocycles. The molecule has 2 aromatic carbocycles. The summed E-state index contributed by atoms with van der Waals surface area (Å²) in [4.78, 5) is 12.2. The second-order valence-electron chi connectivity index (χ2n) is 6.20. The monoisotopic (exact) mass is 424 g/mol. The van der Waals surface area contributed by atoms with E-state index in [1.165, 1.54) is 50.4 Å². The van der Waals surface area contributed by atoms with Crippen LogP contribution in [0.15, 0.2) is 74.5 Å². The number of rotatable bonds is 5. The fourth-order valence-electron chi connectivity index (χ4n) is 2.58. The summed E-state index contributed by atoms with van der Waals surface area (Å²) in [6.45, 7) is 1.46. The normalized spacial score (nSPS) is 11.4. The van der Waals surface area contributed by atoms with Crippen molar-refractivity contribution < 1.29 is 17.7 Å². The molecule has 0 saturated carbocycles. The zero-order valence-corrected chi connectivity index (χ0v) is 16.8. The molecule has 30 heavy (non-hydrogen) atoms. The Labute approximate surface area is 172 Å². The molecule has 1 N–H and O–H groups in total. The lowest BCUT2D eigenvalue weighted by Gasteiger charge is -2.08. The van der Waals surface area contributed by atoms with Gasteiger partial charge in [0.15, 0.2) is 5.69 Å². The number of hydrogen-bond acceptors (Lipinski definition) is 8. The number of hydrogen-bond donors (Lipinski definition) is 1. The number of pyridine rings is 1. The van der Waals surface area contributed by atoms with Crippen LogP contribution in [0.2, 0.25) is 0 Å². The predicted molar refractivity (Wildman–Crippen MR) is 108 cm³/mol. The van der Waals surface area contributed by atoms with Gasteiger partial charge in [0, 0.05) is 12.6 Å². The third kappa shape index (κ3) is 4.06. The molecule has 0 atom stereocenters. The zero-order chi connectivity index (χ0) is 21.9. The van der Waals surface area contributed by atoms with Crippen molar-refractivity contribution in [2.24, 2.45) is 17.3 Å². The number of aromatic nitrogens is 1. The highest BCUT2D eigenvalue weighted by Crippen LogP contribution is 2.27. The number of nitriles is 1. The van der Waals surface area contributed by atoms with Gasteiger partial charge in [-0.2, -0.15) is 18.8 Å². The van der Waals surface area contributed by atoms with E-state index < -0.39 is 21.6 Å². The highest BCUT2D eigenvalue weighted by atomic mass is 32.2. The number of benzene rings is 2. The molecule has 0 saturated heterocycles. The highest BCUT2D eigenvalue weighted by Gasteiger charge is 2.18. The van der Waals surface area contributed by atoms with E-state index in [2.05, 4.69) is 10.2 Å². The molecule has 10 heteroatoms. The van der Waals surface area contributed by atoms with E-state index in [-0.39, 0.29) is 33.1 Å². The molecule has 9 nitrogen and oxygen atoms in total. The van der Waals surface area contributed by atoms with Gasteiger partial charge < -0.3 is 9.29 Å². The Morgan fingerprint density at radius 3 is 2.47 bits per heavy atom. The molecule has 0 radical (unpaired) electrons. The van der Waals surface area contributed by atoms with Gasteiger partial charge in [-0.25, -0.2) is 0 Å². The molecule has 0 spiro atoms. The van der Waals surface area contributed by atoms with Crippen molar-refractivity contribution in [3.8, 4) is 17.7 Å². The molecule has 0 bridgehead atoms. The van der Waals surface area contributed by atoms with Crippen molar-refractivity contribution in [2.45, 2.75) is 11.8 Å². The van der Waals surface area contributed by atoms with E-state index in [9.17, 15) is 23.6 Å². The van der Waals surface area contributed by atoms with Crippen molar-refractivity contribution in [3.63, 3.8) is 0 Å². The average molecular weight is 424 g/mol. The highest BCUT2D eigenvalue weighted by molar-refractivity contribution is 7.87. The third-order valence-electron chi connectivity index (χ3n) is 4.21. The summed E-state index contributed by atoms with van der Waals surface area (Å²) in [5.74, 6) is -0.304. The van der Waals surface area contributed by atoms with E-state index >= 15 is 0 Å². The summed E-state index contributed by atoms with van der Waals surface area (Å²) in [6, 6.07) is 15.4. The first-order chi connectivity index (χ1) is 14.2. The largest absolute Gasteiger partial charge is 0.493 e. The van der Waals surface area contributed by atoms with Crippen molar-refractivity contribution in [1.29, 1.82) is 5.26 Å². The van der Waals surface area contributed by atoms with Gasteiger partial charge in [0.05, 0.1) is 5.69 Å². The molecule has 3 rings (SSSR count). The second kappa shape index (κ2) is 8.18. The van der Waals surface area contributed by atoms with Crippen LogP contribution in [0.1, 0.15) is 11.1 Å². The minimum Gasteiger partial charge on any atom is -0.493 e. The van der Waals surface area contributed by atoms with Gasteiger partial charge in [-0.05, 0) is 37.3 Å². The van der Waals surface area contributed by atoms with Crippen LogP contribution in [0.3, 0.4) is 0 Å². The summed E-state index contributed by atoms with van der Waals surface area (Å²) in [5, 5.41) is 26.9. The Morgan fingerprint density at radius 1 is 1.10 bits per heavy atom. The molecule has 152 valence electrons. The van der Waals surface area contributed by atoms with Crippen molar-refractivity contribution in [1.82, 2.24) is 4.57 Å². The standard InChI is InChI=1S/C20H16N4O5S/c1-13-17(12-21)19(25)24(2)20(26)18(13)23-22-14-7-6-10-16(11-14)30(27,28)29-15-8-4-3-5-9-15/h3-11,25H,1-2H3. The topological polar surface area (TPSA) is 134 Å².